The van der Waals surface area contributed by atoms with E-state index in [0.717, 1.165) is 15.7 Å². The Bertz CT molecular complexity index is 352. The molecule has 4 heteroatoms. The van der Waals surface area contributed by atoms with Crippen LogP contribution in [0.1, 0.15) is 12.5 Å². The summed E-state index contributed by atoms with van der Waals surface area (Å²) in [5, 5.41) is 2.75. The Morgan fingerprint density at radius 1 is 1.53 bits per heavy atom. The summed E-state index contributed by atoms with van der Waals surface area (Å²) in [6, 6.07) is 5.68. The molecular formula is C11H14BrNO2. The summed E-state index contributed by atoms with van der Waals surface area (Å²) in [6.45, 7) is 4.50. The van der Waals surface area contributed by atoms with Crippen LogP contribution in [0.4, 0.5) is 5.69 Å². The van der Waals surface area contributed by atoms with Crippen LogP contribution in [0.15, 0.2) is 22.7 Å². The zero-order valence-electron chi connectivity index (χ0n) is 8.84. The predicted molar refractivity (Wildman–Crippen MR) is 64.0 cm³/mol. The maximum atomic E-state index is 11.3. The lowest BCUT2D eigenvalue weighted by Crippen LogP contribution is -2.18. The van der Waals surface area contributed by atoms with Crippen molar-refractivity contribution in [2.24, 2.45) is 0 Å². The molecule has 0 aromatic heterocycles. The van der Waals surface area contributed by atoms with Gasteiger partial charge in [-0.1, -0.05) is 22.0 Å². The Balaban J connectivity index is 2.57. The summed E-state index contributed by atoms with van der Waals surface area (Å²) in [6.07, 6.45) is 0. The Labute approximate surface area is 97.9 Å². The van der Waals surface area contributed by atoms with E-state index >= 15 is 0 Å². The Hall–Kier alpha value is -0.870. The van der Waals surface area contributed by atoms with Gasteiger partial charge < -0.3 is 10.1 Å². The second-order valence-corrected chi connectivity index (χ2v) is 4.00. The third-order valence-corrected chi connectivity index (χ3v) is 2.75. The van der Waals surface area contributed by atoms with Crippen LogP contribution >= 0.6 is 15.9 Å². The van der Waals surface area contributed by atoms with Crippen LogP contribution in [0.3, 0.4) is 0 Å². The van der Waals surface area contributed by atoms with Gasteiger partial charge in [0.1, 0.15) is 6.61 Å². The predicted octanol–water partition coefficient (Wildman–Crippen LogP) is 2.73. The van der Waals surface area contributed by atoms with Crippen LogP contribution in [0.5, 0.6) is 0 Å². The number of anilines is 1. The molecule has 0 bridgehead atoms. The van der Waals surface area contributed by atoms with Crippen molar-refractivity contribution in [1.29, 1.82) is 0 Å². The summed E-state index contributed by atoms with van der Waals surface area (Å²) in [4.78, 5) is 11.3. The molecule has 1 aromatic rings. The highest BCUT2D eigenvalue weighted by Gasteiger charge is 2.02. The highest BCUT2D eigenvalue weighted by Crippen LogP contribution is 2.20. The number of carbonyl (C=O) groups is 1. The van der Waals surface area contributed by atoms with Gasteiger partial charge in [-0.2, -0.15) is 0 Å². The van der Waals surface area contributed by atoms with Gasteiger partial charge in [0, 0.05) is 16.8 Å². The van der Waals surface area contributed by atoms with Crippen molar-refractivity contribution in [3.05, 3.63) is 28.2 Å². The third kappa shape index (κ3) is 4.01. The number of benzene rings is 1. The molecule has 0 saturated carbocycles. The Morgan fingerprint density at radius 2 is 2.27 bits per heavy atom. The normalized spacial score (nSPS) is 10.1. The van der Waals surface area contributed by atoms with Crippen molar-refractivity contribution >= 4 is 27.5 Å². The monoisotopic (exact) mass is 271 g/mol. The molecule has 0 unspecified atom stereocenters. The van der Waals surface area contributed by atoms with E-state index < -0.39 is 0 Å². The molecule has 3 nitrogen and oxygen atoms in total. The topological polar surface area (TPSA) is 38.3 Å². The van der Waals surface area contributed by atoms with E-state index in [0.29, 0.717) is 6.61 Å². The van der Waals surface area contributed by atoms with Crippen molar-refractivity contribution in [3.8, 4) is 0 Å². The standard InChI is InChI=1S/C11H14BrNO2/c1-3-15-7-11(14)13-9-5-4-8(2)10(12)6-9/h4-6H,3,7H2,1-2H3,(H,13,14). The van der Waals surface area contributed by atoms with Crippen LogP contribution in [0.2, 0.25) is 0 Å². The molecule has 15 heavy (non-hydrogen) atoms. The van der Waals surface area contributed by atoms with E-state index in [2.05, 4.69) is 21.2 Å². The zero-order valence-corrected chi connectivity index (χ0v) is 10.4. The van der Waals surface area contributed by atoms with Gasteiger partial charge in [0.25, 0.3) is 0 Å². The number of hydrogen-bond donors (Lipinski definition) is 1. The van der Waals surface area contributed by atoms with Gasteiger partial charge in [-0.05, 0) is 31.5 Å². The number of nitrogens with one attached hydrogen (secondary N) is 1. The number of rotatable bonds is 4. The van der Waals surface area contributed by atoms with Crippen LogP contribution in [-0.4, -0.2) is 19.1 Å². The fourth-order valence-electron chi connectivity index (χ4n) is 1.06. The highest BCUT2D eigenvalue weighted by molar-refractivity contribution is 9.10. The molecule has 0 heterocycles. The minimum Gasteiger partial charge on any atom is -0.372 e. The Morgan fingerprint density at radius 3 is 2.87 bits per heavy atom. The molecule has 0 aliphatic heterocycles. The first-order valence-corrected chi connectivity index (χ1v) is 5.56. The smallest absolute Gasteiger partial charge is 0.250 e. The lowest BCUT2D eigenvalue weighted by atomic mass is 10.2. The van der Waals surface area contributed by atoms with Crippen molar-refractivity contribution in [3.63, 3.8) is 0 Å². The molecule has 1 aromatic carbocycles. The van der Waals surface area contributed by atoms with Crippen molar-refractivity contribution < 1.29 is 9.53 Å². The number of amides is 1. The second-order valence-electron chi connectivity index (χ2n) is 3.15. The molecule has 1 N–H and O–H groups in total. The van der Waals surface area contributed by atoms with E-state index in [-0.39, 0.29) is 12.5 Å². The average molecular weight is 272 g/mol. The summed E-state index contributed by atoms with van der Waals surface area (Å²) in [5.41, 5.74) is 1.91. The molecule has 0 aliphatic carbocycles. The first-order valence-electron chi connectivity index (χ1n) is 4.77. The van der Waals surface area contributed by atoms with Crippen molar-refractivity contribution in [2.75, 3.05) is 18.5 Å². The fourth-order valence-corrected chi connectivity index (χ4v) is 1.44. The largest absolute Gasteiger partial charge is 0.372 e. The quantitative estimate of drug-likeness (QED) is 0.915. The fraction of sp³-hybridized carbons (Fsp3) is 0.364. The lowest BCUT2D eigenvalue weighted by molar-refractivity contribution is -0.120. The van der Waals surface area contributed by atoms with Gasteiger partial charge in [-0.15, -0.1) is 0 Å². The molecule has 1 amide bonds. The highest BCUT2D eigenvalue weighted by atomic mass is 79.9. The molecule has 0 atom stereocenters. The van der Waals surface area contributed by atoms with Crippen molar-refractivity contribution in [2.45, 2.75) is 13.8 Å². The Kier molecular flexibility index (Phi) is 4.78. The number of carbonyl (C=O) groups excluding carboxylic acids is 1. The van der Waals surface area contributed by atoms with Gasteiger partial charge >= 0.3 is 0 Å². The molecule has 0 fully saturated rings. The van der Waals surface area contributed by atoms with Crippen LogP contribution < -0.4 is 5.32 Å². The van der Waals surface area contributed by atoms with E-state index in [1.165, 1.54) is 0 Å². The first kappa shape index (κ1) is 12.2. The van der Waals surface area contributed by atoms with Crippen LogP contribution in [-0.2, 0) is 9.53 Å². The van der Waals surface area contributed by atoms with Crippen molar-refractivity contribution in [1.82, 2.24) is 0 Å². The van der Waals surface area contributed by atoms with Gasteiger partial charge in [0.15, 0.2) is 0 Å². The van der Waals surface area contributed by atoms with E-state index in [1.807, 2.05) is 32.0 Å². The van der Waals surface area contributed by atoms with Crippen LogP contribution in [0.25, 0.3) is 0 Å². The zero-order chi connectivity index (χ0) is 11.3. The number of halogens is 1. The molecule has 1 rings (SSSR count). The maximum absolute atomic E-state index is 11.3. The SMILES string of the molecule is CCOCC(=O)Nc1ccc(C)c(Br)c1. The second kappa shape index (κ2) is 5.88. The van der Waals surface area contributed by atoms with E-state index in [1.54, 1.807) is 0 Å². The molecule has 0 spiro atoms. The summed E-state index contributed by atoms with van der Waals surface area (Å²) in [5.74, 6) is -0.132. The van der Waals surface area contributed by atoms with Gasteiger partial charge in [0.2, 0.25) is 5.91 Å². The van der Waals surface area contributed by atoms with Gasteiger partial charge in [0.05, 0.1) is 0 Å². The maximum Gasteiger partial charge on any atom is 0.250 e. The van der Waals surface area contributed by atoms with E-state index in [4.69, 9.17) is 4.74 Å². The number of aryl methyl sites for hydroxylation is 1. The first-order chi connectivity index (χ1) is 7.13. The molecule has 0 aliphatic rings. The number of ether oxygens (including phenoxy) is 1. The van der Waals surface area contributed by atoms with Gasteiger partial charge in [-0.3, -0.25) is 4.79 Å². The number of hydrogen-bond acceptors (Lipinski definition) is 2. The third-order valence-electron chi connectivity index (χ3n) is 1.89. The average Bonchev–Trinajstić information content (AvgIpc) is 2.20. The summed E-state index contributed by atoms with van der Waals surface area (Å²) >= 11 is 3.41. The lowest BCUT2D eigenvalue weighted by Gasteiger charge is -2.06. The molecular weight excluding hydrogens is 258 g/mol. The molecule has 82 valence electrons. The molecule has 0 saturated heterocycles. The van der Waals surface area contributed by atoms with Gasteiger partial charge in [-0.25, -0.2) is 0 Å². The van der Waals surface area contributed by atoms with Crippen LogP contribution in [0, 0.1) is 6.92 Å². The summed E-state index contributed by atoms with van der Waals surface area (Å²) < 4.78 is 5.98. The summed E-state index contributed by atoms with van der Waals surface area (Å²) in [7, 11) is 0. The molecule has 0 radical (unpaired) electrons. The minimum atomic E-state index is -0.132. The minimum absolute atomic E-state index is 0.0992. The van der Waals surface area contributed by atoms with E-state index in [9.17, 15) is 4.79 Å².